The number of ether oxygens (including phenoxy) is 2. The van der Waals surface area contributed by atoms with Crippen LogP contribution in [0.2, 0.25) is 5.02 Å². The molecule has 3 nitrogen and oxygen atoms in total. The Kier molecular flexibility index (Phi) is 5.76. The number of rotatable bonds is 6. The number of methoxy groups -OCH3 is 1. The van der Waals surface area contributed by atoms with Crippen molar-refractivity contribution in [2.24, 2.45) is 0 Å². The Morgan fingerprint density at radius 2 is 1.95 bits per heavy atom. The normalized spacial score (nSPS) is 10.3. The van der Waals surface area contributed by atoms with Crippen LogP contribution in [0.1, 0.15) is 12.5 Å². The van der Waals surface area contributed by atoms with Crippen LogP contribution < -0.4 is 14.8 Å². The first-order valence-electron chi connectivity index (χ1n) is 6.62. The van der Waals surface area contributed by atoms with Crippen LogP contribution in [0.5, 0.6) is 11.5 Å². The van der Waals surface area contributed by atoms with Gasteiger partial charge in [-0.05, 0) is 58.7 Å². The van der Waals surface area contributed by atoms with Crippen molar-refractivity contribution in [1.29, 1.82) is 0 Å². The van der Waals surface area contributed by atoms with E-state index in [0.717, 1.165) is 27.2 Å². The molecule has 0 aliphatic carbocycles. The van der Waals surface area contributed by atoms with Crippen molar-refractivity contribution in [3.05, 3.63) is 51.5 Å². The molecule has 2 aromatic rings. The zero-order valence-electron chi connectivity index (χ0n) is 12.0. The van der Waals surface area contributed by atoms with Gasteiger partial charge in [-0.1, -0.05) is 17.7 Å². The lowest BCUT2D eigenvalue weighted by molar-refractivity contribution is 0.310. The largest absolute Gasteiger partial charge is 0.493 e. The SMILES string of the molecule is CCOc1ccc(CNc2ccc(Cl)cc2Br)cc1OC. The molecule has 0 bridgehead atoms. The zero-order chi connectivity index (χ0) is 15.2. The summed E-state index contributed by atoms with van der Waals surface area (Å²) < 4.78 is 11.8. The molecule has 1 N–H and O–H groups in total. The molecule has 2 rings (SSSR count). The quantitative estimate of drug-likeness (QED) is 0.765. The molecule has 5 heteroatoms. The van der Waals surface area contributed by atoms with Crippen molar-refractivity contribution in [3.8, 4) is 11.5 Å². The second kappa shape index (κ2) is 7.57. The molecular formula is C16H17BrClNO2. The fraction of sp³-hybridized carbons (Fsp3) is 0.250. The minimum Gasteiger partial charge on any atom is -0.493 e. The molecule has 112 valence electrons. The molecule has 0 aliphatic rings. The fourth-order valence-electron chi connectivity index (χ4n) is 1.93. The van der Waals surface area contributed by atoms with Crippen LogP contribution in [-0.4, -0.2) is 13.7 Å². The third kappa shape index (κ3) is 4.29. The molecule has 21 heavy (non-hydrogen) atoms. The van der Waals surface area contributed by atoms with Gasteiger partial charge in [0.2, 0.25) is 0 Å². The van der Waals surface area contributed by atoms with Crippen molar-refractivity contribution in [2.75, 3.05) is 19.0 Å². The minimum atomic E-state index is 0.617. The molecular weight excluding hydrogens is 354 g/mol. The standard InChI is InChI=1S/C16H17BrClNO2/c1-3-21-15-7-4-11(8-16(15)20-2)10-19-14-6-5-12(18)9-13(14)17/h4-9,19H,3,10H2,1-2H3. The Labute approximate surface area is 138 Å². The number of halogens is 2. The molecule has 0 unspecified atom stereocenters. The van der Waals surface area contributed by atoms with Crippen molar-refractivity contribution >= 4 is 33.2 Å². The predicted molar refractivity (Wildman–Crippen MR) is 90.6 cm³/mol. The van der Waals surface area contributed by atoms with E-state index in [4.69, 9.17) is 21.1 Å². The first-order chi connectivity index (χ1) is 10.1. The van der Waals surface area contributed by atoms with Crippen molar-refractivity contribution in [2.45, 2.75) is 13.5 Å². The maximum Gasteiger partial charge on any atom is 0.161 e. The van der Waals surface area contributed by atoms with E-state index in [1.807, 2.05) is 43.3 Å². The Balaban J connectivity index is 2.09. The van der Waals surface area contributed by atoms with Gasteiger partial charge in [0.1, 0.15) is 0 Å². The monoisotopic (exact) mass is 369 g/mol. The highest BCUT2D eigenvalue weighted by atomic mass is 79.9. The summed E-state index contributed by atoms with van der Waals surface area (Å²) in [7, 11) is 1.64. The number of anilines is 1. The van der Waals surface area contributed by atoms with Crippen LogP contribution in [0, 0.1) is 0 Å². The van der Waals surface area contributed by atoms with E-state index in [-0.39, 0.29) is 0 Å². The molecule has 0 saturated heterocycles. The van der Waals surface area contributed by atoms with Crippen LogP contribution >= 0.6 is 27.5 Å². The van der Waals surface area contributed by atoms with Crippen molar-refractivity contribution in [3.63, 3.8) is 0 Å². The lowest BCUT2D eigenvalue weighted by Gasteiger charge is -2.12. The van der Waals surface area contributed by atoms with E-state index in [2.05, 4.69) is 21.2 Å². The molecule has 0 heterocycles. The summed E-state index contributed by atoms with van der Waals surface area (Å²) in [4.78, 5) is 0. The van der Waals surface area contributed by atoms with E-state index in [9.17, 15) is 0 Å². The van der Waals surface area contributed by atoms with E-state index in [1.54, 1.807) is 7.11 Å². The number of hydrogen-bond donors (Lipinski definition) is 1. The molecule has 0 spiro atoms. The first-order valence-corrected chi connectivity index (χ1v) is 7.79. The van der Waals surface area contributed by atoms with Gasteiger partial charge in [0.15, 0.2) is 11.5 Å². The van der Waals surface area contributed by atoms with Crippen LogP contribution in [0.15, 0.2) is 40.9 Å². The lowest BCUT2D eigenvalue weighted by atomic mass is 10.2. The minimum absolute atomic E-state index is 0.617. The van der Waals surface area contributed by atoms with Gasteiger partial charge in [-0.3, -0.25) is 0 Å². The van der Waals surface area contributed by atoms with Gasteiger partial charge in [-0.15, -0.1) is 0 Å². The number of nitrogens with one attached hydrogen (secondary N) is 1. The van der Waals surface area contributed by atoms with Crippen LogP contribution in [-0.2, 0) is 6.54 Å². The molecule has 0 atom stereocenters. The Bertz CT molecular complexity index is 619. The predicted octanol–water partition coefficient (Wildman–Crippen LogP) is 5.12. The molecule has 0 radical (unpaired) electrons. The highest BCUT2D eigenvalue weighted by molar-refractivity contribution is 9.10. The van der Waals surface area contributed by atoms with Crippen molar-refractivity contribution in [1.82, 2.24) is 0 Å². The third-order valence-electron chi connectivity index (χ3n) is 2.94. The molecule has 0 amide bonds. The third-order valence-corrected chi connectivity index (χ3v) is 3.83. The lowest BCUT2D eigenvalue weighted by Crippen LogP contribution is -2.01. The highest BCUT2D eigenvalue weighted by Crippen LogP contribution is 2.29. The van der Waals surface area contributed by atoms with Crippen LogP contribution in [0.3, 0.4) is 0 Å². The van der Waals surface area contributed by atoms with E-state index in [1.165, 1.54) is 0 Å². The second-order valence-electron chi connectivity index (χ2n) is 4.40. The van der Waals surface area contributed by atoms with Gasteiger partial charge in [-0.2, -0.15) is 0 Å². The zero-order valence-corrected chi connectivity index (χ0v) is 14.3. The Hall–Kier alpha value is -1.39. The molecule has 0 aliphatic heterocycles. The number of benzene rings is 2. The second-order valence-corrected chi connectivity index (χ2v) is 5.69. The summed E-state index contributed by atoms with van der Waals surface area (Å²) in [6.07, 6.45) is 0. The average Bonchev–Trinajstić information content (AvgIpc) is 2.47. The number of hydrogen-bond acceptors (Lipinski definition) is 3. The summed E-state index contributed by atoms with van der Waals surface area (Å²) in [5.41, 5.74) is 2.10. The summed E-state index contributed by atoms with van der Waals surface area (Å²) >= 11 is 9.42. The highest BCUT2D eigenvalue weighted by Gasteiger charge is 2.06. The average molecular weight is 371 g/mol. The van der Waals surface area contributed by atoms with E-state index < -0.39 is 0 Å². The van der Waals surface area contributed by atoms with Crippen LogP contribution in [0.4, 0.5) is 5.69 Å². The van der Waals surface area contributed by atoms with E-state index in [0.29, 0.717) is 18.2 Å². The first kappa shape index (κ1) is 16.0. The van der Waals surface area contributed by atoms with E-state index >= 15 is 0 Å². The van der Waals surface area contributed by atoms with Gasteiger partial charge >= 0.3 is 0 Å². The summed E-state index contributed by atoms with van der Waals surface area (Å²) in [6, 6.07) is 11.6. The molecule has 2 aromatic carbocycles. The molecule has 0 aromatic heterocycles. The summed E-state index contributed by atoms with van der Waals surface area (Å²) in [5.74, 6) is 1.50. The maximum atomic E-state index is 5.93. The topological polar surface area (TPSA) is 30.5 Å². The van der Waals surface area contributed by atoms with Gasteiger partial charge < -0.3 is 14.8 Å². The van der Waals surface area contributed by atoms with Gasteiger partial charge in [0.05, 0.1) is 13.7 Å². The summed E-state index contributed by atoms with van der Waals surface area (Å²) in [5, 5.41) is 4.06. The Morgan fingerprint density at radius 3 is 2.62 bits per heavy atom. The molecule has 0 saturated carbocycles. The van der Waals surface area contributed by atoms with Crippen LogP contribution in [0.25, 0.3) is 0 Å². The molecule has 0 fully saturated rings. The maximum absolute atomic E-state index is 5.93. The summed E-state index contributed by atoms with van der Waals surface area (Å²) in [6.45, 7) is 3.25. The smallest absolute Gasteiger partial charge is 0.161 e. The Morgan fingerprint density at radius 1 is 1.14 bits per heavy atom. The van der Waals surface area contributed by atoms with Gasteiger partial charge in [0, 0.05) is 21.7 Å². The van der Waals surface area contributed by atoms with Gasteiger partial charge in [-0.25, -0.2) is 0 Å². The van der Waals surface area contributed by atoms with Crippen molar-refractivity contribution < 1.29 is 9.47 Å². The van der Waals surface area contributed by atoms with Gasteiger partial charge in [0.25, 0.3) is 0 Å². The fourth-order valence-corrected chi connectivity index (χ4v) is 2.75.